The van der Waals surface area contributed by atoms with Gasteiger partial charge in [-0.2, -0.15) is 0 Å². The molecule has 7 nitrogen and oxygen atoms in total. The van der Waals surface area contributed by atoms with Crippen LogP contribution < -0.4 is 10.6 Å². The predicted octanol–water partition coefficient (Wildman–Crippen LogP) is 4.30. The van der Waals surface area contributed by atoms with Crippen LogP contribution in [0.5, 0.6) is 0 Å². The smallest absolute Gasteiger partial charge is 0.253 e. The Morgan fingerprint density at radius 1 is 1.06 bits per heavy atom. The molecule has 2 aromatic rings. The van der Waals surface area contributed by atoms with E-state index in [4.69, 9.17) is 9.52 Å². The molecular formula is C24H36IN5O2. The van der Waals surface area contributed by atoms with Crippen LogP contribution in [0.25, 0.3) is 0 Å². The standard InChI is InChI=1S/C24H35N5O2.HI/c1-4-21-20(22(5-2)31-28-21)17-27-24(25-6-3)26-16-18-10-12-19(13-11-18)23(30)29-14-8-7-9-15-29;/h10-13H,4-9,14-17H2,1-3H3,(H2,25,26,27);1H. The molecule has 1 amide bonds. The van der Waals surface area contributed by atoms with Crippen LogP contribution in [0.1, 0.15) is 73.0 Å². The van der Waals surface area contributed by atoms with Gasteiger partial charge in [-0.15, -0.1) is 24.0 Å². The highest BCUT2D eigenvalue weighted by molar-refractivity contribution is 14.0. The maximum atomic E-state index is 12.6. The Balaban J connectivity index is 0.00000363. The first-order chi connectivity index (χ1) is 15.2. The molecule has 2 N–H and O–H groups in total. The van der Waals surface area contributed by atoms with E-state index in [1.165, 1.54) is 6.42 Å². The highest BCUT2D eigenvalue weighted by Crippen LogP contribution is 2.16. The lowest BCUT2D eigenvalue weighted by molar-refractivity contribution is 0.0724. The fourth-order valence-corrected chi connectivity index (χ4v) is 3.85. The van der Waals surface area contributed by atoms with Gasteiger partial charge in [-0.1, -0.05) is 31.1 Å². The van der Waals surface area contributed by atoms with E-state index in [1.54, 1.807) is 0 Å². The van der Waals surface area contributed by atoms with Crippen LogP contribution >= 0.6 is 24.0 Å². The van der Waals surface area contributed by atoms with E-state index in [-0.39, 0.29) is 29.9 Å². The topological polar surface area (TPSA) is 82.8 Å². The van der Waals surface area contributed by atoms with Gasteiger partial charge in [0.1, 0.15) is 5.76 Å². The minimum atomic E-state index is 0. The molecule has 3 rings (SSSR count). The fraction of sp³-hybridized carbons (Fsp3) is 0.542. The van der Waals surface area contributed by atoms with Crippen LogP contribution in [0.3, 0.4) is 0 Å². The van der Waals surface area contributed by atoms with Crippen molar-refractivity contribution in [2.75, 3.05) is 19.6 Å². The summed E-state index contributed by atoms with van der Waals surface area (Å²) in [6, 6.07) is 7.82. The molecule has 176 valence electrons. The zero-order valence-electron chi connectivity index (χ0n) is 19.4. The minimum Gasteiger partial charge on any atom is -0.361 e. The SMILES string of the molecule is CCNC(=NCc1ccc(C(=O)N2CCCCC2)cc1)NCc1c(CC)noc1CC.I. The summed E-state index contributed by atoms with van der Waals surface area (Å²) in [6.45, 7) is 9.89. The van der Waals surface area contributed by atoms with Crippen LogP contribution in [-0.2, 0) is 25.9 Å². The number of carbonyl (C=O) groups excluding carboxylic acids is 1. The van der Waals surface area contributed by atoms with Crippen LogP contribution in [0.15, 0.2) is 33.8 Å². The van der Waals surface area contributed by atoms with Crippen LogP contribution in [0.4, 0.5) is 0 Å². The third kappa shape index (κ3) is 6.95. The Labute approximate surface area is 208 Å². The van der Waals surface area contributed by atoms with Crippen molar-refractivity contribution in [2.24, 2.45) is 4.99 Å². The van der Waals surface area contributed by atoms with E-state index >= 15 is 0 Å². The summed E-state index contributed by atoms with van der Waals surface area (Å²) in [5.74, 6) is 1.81. The van der Waals surface area contributed by atoms with Gasteiger partial charge in [0.15, 0.2) is 5.96 Å². The molecule has 0 unspecified atom stereocenters. The maximum Gasteiger partial charge on any atom is 0.253 e. The summed E-state index contributed by atoms with van der Waals surface area (Å²) < 4.78 is 5.45. The van der Waals surface area contributed by atoms with Gasteiger partial charge < -0.3 is 20.1 Å². The van der Waals surface area contributed by atoms with E-state index in [0.717, 1.165) is 79.4 Å². The molecule has 32 heavy (non-hydrogen) atoms. The van der Waals surface area contributed by atoms with Crippen molar-refractivity contribution in [3.8, 4) is 0 Å². The Kier molecular flexibility index (Phi) is 11.0. The Morgan fingerprint density at radius 2 is 1.78 bits per heavy atom. The summed E-state index contributed by atoms with van der Waals surface area (Å²) in [5.41, 5.74) is 3.94. The molecular weight excluding hydrogens is 517 g/mol. The lowest BCUT2D eigenvalue weighted by Gasteiger charge is -2.26. The average molecular weight is 553 g/mol. The van der Waals surface area contributed by atoms with Crippen LogP contribution in [0, 0.1) is 0 Å². The van der Waals surface area contributed by atoms with Crippen molar-refractivity contribution in [3.05, 3.63) is 52.4 Å². The van der Waals surface area contributed by atoms with Gasteiger partial charge in [-0.3, -0.25) is 4.79 Å². The van der Waals surface area contributed by atoms with E-state index in [0.29, 0.717) is 13.1 Å². The summed E-state index contributed by atoms with van der Waals surface area (Å²) in [5, 5.41) is 10.9. The van der Waals surface area contributed by atoms with Gasteiger partial charge in [0.05, 0.1) is 12.2 Å². The lowest BCUT2D eigenvalue weighted by Crippen LogP contribution is -2.37. The molecule has 2 heterocycles. The van der Waals surface area contributed by atoms with Crippen molar-refractivity contribution in [1.29, 1.82) is 0 Å². The molecule has 1 aliphatic heterocycles. The highest BCUT2D eigenvalue weighted by atomic mass is 127. The van der Waals surface area contributed by atoms with Gasteiger partial charge in [-0.25, -0.2) is 4.99 Å². The largest absolute Gasteiger partial charge is 0.361 e. The van der Waals surface area contributed by atoms with E-state index in [9.17, 15) is 4.79 Å². The second kappa shape index (κ2) is 13.4. The second-order valence-corrected chi connectivity index (χ2v) is 7.84. The number of likely N-dealkylation sites (tertiary alicyclic amines) is 1. The summed E-state index contributed by atoms with van der Waals surface area (Å²) in [4.78, 5) is 19.3. The highest BCUT2D eigenvalue weighted by Gasteiger charge is 2.18. The van der Waals surface area contributed by atoms with E-state index in [2.05, 4.69) is 29.6 Å². The van der Waals surface area contributed by atoms with E-state index in [1.807, 2.05) is 36.1 Å². The molecule has 1 aliphatic rings. The first kappa shape index (κ1) is 26.2. The molecule has 1 saturated heterocycles. The number of rotatable bonds is 8. The Hall–Kier alpha value is -2.10. The van der Waals surface area contributed by atoms with Crippen LogP contribution in [-0.4, -0.2) is 41.6 Å². The molecule has 1 aromatic carbocycles. The molecule has 0 atom stereocenters. The number of aromatic nitrogens is 1. The first-order valence-electron chi connectivity index (χ1n) is 11.5. The third-order valence-electron chi connectivity index (χ3n) is 5.65. The number of guanidine groups is 1. The molecule has 0 bridgehead atoms. The number of nitrogens with zero attached hydrogens (tertiary/aromatic N) is 3. The van der Waals surface area contributed by atoms with Crippen molar-refractivity contribution >= 4 is 35.8 Å². The number of amides is 1. The molecule has 0 radical (unpaired) electrons. The number of carbonyl (C=O) groups is 1. The lowest BCUT2D eigenvalue weighted by atomic mass is 10.1. The molecule has 1 aromatic heterocycles. The Bertz CT molecular complexity index is 852. The molecule has 0 aliphatic carbocycles. The first-order valence-corrected chi connectivity index (χ1v) is 11.5. The quantitative estimate of drug-likeness (QED) is 0.290. The Morgan fingerprint density at radius 3 is 2.41 bits per heavy atom. The van der Waals surface area contributed by atoms with Crippen molar-refractivity contribution in [2.45, 2.75) is 66.0 Å². The van der Waals surface area contributed by atoms with Crippen molar-refractivity contribution < 1.29 is 9.32 Å². The summed E-state index contributed by atoms with van der Waals surface area (Å²) >= 11 is 0. The molecule has 0 spiro atoms. The zero-order chi connectivity index (χ0) is 22.1. The maximum absolute atomic E-state index is 12.6. The van der Waals surface area contributed by atoms with Gasteiger partial charge in [-0.05, 0) is 50.3 Å². The number of halogens is 1. The van der Waals surface area contributed by atoms with Crippen molar-refractivity contribution in [3.63, 3.8) is 0 Å². The monoisotopic (exact) mass is 553 g/mol. The second-order valence-electron chi connectivity index (χ2n) is 7.84. The molecule has 1 fully saturated rings. The average Bonchev–Trinajstić information content (AvgIpc) is 3.23. The number of aliphatic imine (C=N–C) groups is 1. The van der Waals surface area contributed by atoms with Gasteiger partial charge in [0.2, 0.25) is 0 Å². The normalized spacial score (nSPS) is 14.1. The molecule has 0 saturated carbocycles. The third-order valence-corrected chi connectivity index (χ3v) is 5.65. The van der Waals surface area contributed by atoms with Crippen LogP contribution in [0.2, 0.25) is 0 Å². The van der Waals surface area contributed by atoms with Gasteiger partial charge in [0, 0.05) is 43.7 Å². The number of aryl methyl sites for hydroxylation is 2. The van der Waals surface area contributed by atoms with Gasteiger partial charge in [0.25, 0.3) is 5.91 Å². The number of hydrogen-bond acceptors (Lipinski definition) is 4. The number of nitrogens with one attached hydrogen (secondary N) is 2. The minimum absolute atomic E-state index is 0. The number of hydrogen-bond donors (Lipinski definition) is 2. The summed E-state index contributed by atoms with van der Waals surface area (Å²) in [6.07, 6.45) is 5.09. The van der Waals surface area contributed by atoms with Gasteiger partial charge >= 0.3 is 0 Å². The van der Waals surface area contributed by atoms with Crippen molar-refractivity contribution in [1.82, 2.24) is 20.7 Å². The fourth-order valence-electron chi connectivity index (χ4n) is 3.85. The molecule has 8 heteroatoms. The zero-order valence-corrected chi connectivity index (χ0v) is 21.8. The predicted molar refractivity (Wildman–Crippen MR) is 139 cm³/mol. The summed E-state index contributed by atoms with van der Waals surface area (Å²) in [7, 11) is 0. The number of piperidine rings is 1. The number of benzene rings is 1. The van der Waals surface area contributed by atoms with E-state index < -0.39 is 0 Å².